The predicted octanol–water partition coefficient (Wildman–Crippen LogP) is 6.14. The second kappa shape index (κ2) is 9.53. The summed E-state index contributed by atoms with van der Waals surface area (Å²) in [5, 5.41) is 1.61. The second-order valence-electron chi connectivity index (χ2n) is 8.71. The van der Waals surface area contributed by atoms with E-state index < -0.39 is 10.0 Å². The fourth-order valence-corrected chi connectivity index (χ4v) is 6.51. The maximum atomic E-state index is 13.1. The average Bonchev–Trinajstić information content (AvgIpc) is 3.15. The van der Waals surface area contributed by atoms with E-state index in [2.05, 4.69) is 54.0 Å². The normalized spacial score (nSPS) is 14.8. The Bertz CT molecular complexity index is 1520. The predicted molar refractivity (Wildman–Crippen MR) is 142 cm³/mol. The highest BCUT2D eigenvalue weighted by molar-refractivity contribution is 7.89. The summed E-state index contributed by atoms with van der Waals surface area (Å²) in [6.07, 6.45) is 2.70. The Morgan fingerprint density at radius 1 is 1.00 bits per heavy atom. The van der Waals surface area contributed by atoms with E-state index in [-0.39, 0.29) is 4.90 Å². The van der Waals surface area contributed by atoms with Crippen LogP contribution in [0.15, 0.2) is 83.8 Å². The molecule has 180 valence electrons. The highest BCUT2D eigenvalue weighted by Crippen LogP contribution is 2.36. The Hall–Kier alpha value is -3.06. The number of rotatable bonds is 6. The quantitative estimate of drug-likeness (QED) is 0.315. The first-order valence-corrected chi connectivity index (χ1v) is 13.4. The van der Waals surface area contributed by atoms with Crippen molar-refractivity contribution in [3.63, 3.8) is 0 Å². The molecule has 2 heterocycles. The van der Waals surface area contributed by atoms with Gasteiger partial charge in [-0.1, -0.05) is 54.1 Å². The van der Waals surface area contributed by atoms with Crippen molar-refractivity contribution in [2.75, 3.05) is 20.2 Å². The molecule has 0 spiro atoms. The number of halogens is 1. The van der Waals surface area contributed by atoms with Gasteiger partial charge in [0.25, 0.3) is 0 Å². The molecule has 1 aliphatic heterocycles. The number of methoxy groups -OCH3 is 1. The molecule has 4 aromatic rings. The van der Waals surface area contributed by atoms with Gasteiger partial charge in [0, 0.05) is 46.8 Å². The molecule has 0 N–H and O–H groups in total. The molecule has 5 nitrogen and oxygen atoms in total. The largest absolute Gasteiger partial charge is 0.497 e. The summed E-state index contributed by atoms with van der Waals surface area (Å²) < 4.78 is 35.4. The molecule has 5 rings (SSSR count). The van der Waals surface area contributed by atoms with Gasteiger partial charge in [-0.2, -0.15) is 4.31 Å². The molecule has 0 radical (unpaired) electrons. The fraction of sp³-hybridized carbons (Fsp3) is 0.214. The molecular formula is C28H27ClN2O3S. The summed E-state index contributed by atoms with van der Waals surface area (Å²) in [4.78, 5) is 0.231. The van der Waals surface area contributed by atoms with Crippen LogP contribution in [-0.4, -0.2) is 37.5 Å². The van der Waals surface area contributed by atoms with Crippen LogP contribution in [0, 0.1) is 6.92 Å². The van der Waals surface area contributed by atoms with Gasteiger partial charge in [-0.3, -0.25) is 0 Å². The minimum absolute atomic E-state index is 0.231. The number of para-hydroxylation sites is 1. The monoisotopic (exact) mass is 506 g/mol. The van der Waals surface area contributed by atoms with Crippen LogP contribution in [0.3, 0.4) is 0 Å². The minimum atomic E-state index is -3.60. The maximum Gasteiger partial charge on any atom is 0.243 e. The molecule has 0 atom stereocenters. The number of ether oxygens (including phenoxy) is 1. The van der Waals surface area contributed by atoms with Crippen LogP contribution in [0.1, 0.15) is 23.2 Å². The van der Waals surface area contributed by atoms with Gasteiger partial charge in [-0.15, -0.1) is 0 Å². The Kier molecular flexibility index (Phi) is 6.45. The van der Waals surface area contributed by atoms with E-state index in [4.69, 9.17) is 16.3 Å². The van der Waals surface area contributed by atoms with Gasteiger partial charge in [0.15, 0.2) is 0 Å². The molecular weight excluding hydrogens is 480 g/mol. The topological polar surface area (TPSA) is 51.5 Å². The van der Waals surface area contributed by atoms with Gasteiger partial charge in [0.2, 0.25) is 10.0 Å². The van der Waals surface area contributed by atoms with E-state index in [1.54, 1.807) is 25.3 Å². The Labute approximate surface area is 211 Å². The van der Waals surface area contributed by atoms with Crippen molar-refractivity contribution < 1.29 is 13.2 Å². The van der Waals surface area contributed by atoms with Crippen LogP contribution >= 0.6 is 11.6 Å². The first kappa shape index (κ1) is 23.7. The molecule has 35 heavy (non-hydrogen) atoms. The van der Waals surface area contributed by atoms with Crippen molar-refractivity contribution in [2.45, 2.75) is 24.8 Å². The Balaban J connectivity index is 1.47. The lowest BCUT2D eigenvalue weighted by Gasteiger charge is -2.26. The maximum absolute atomic E-state index is 13.1. The van der Waals surface area contributed by atoms with Crippen LogP contribution in [-0.2, 0) is 16.6 Å². The van der Waals surface area contributed by atoms with E-state index >= 15 is 0 Å². The Morgan fingerprint density at radius 2 is 1.77 bits per heavy atom. The van der Waals surface area contributed by atoms with Crippen LogP contribution in [0.4, 0.5) is 0 Å². The lowest BCUT2D eigenvalue weighted by Crippen LogP contribution is -2.34. The number of sulfonamides is 1. The van der Waals surface area contributed by atoms with E-state index in [1.807, 2.05) is 12.1 Å². The number of benzene rings is 3. The molecule has 1 aromatic heterocycles. The van der Waals surface area contributed by atoms with Crippen molar-refractivity contribution in [3.8, 4) is 5.75 Å². The van der Waals surface area contributed by atoms with E-state index in [0.29, 0.717) is 24.5 Å². The first-order valence-electron chi connectivity index (χ1n) is 11.5. The fourth-order valence-electron chi connectivity index (χ4n) is 4.83. The van der Waals surface area contributed by atoms with Gasteiger partial charge in [0.1, 0.15) is 5.75 Å². The van der Waals surface area contributed by atoms with E-state index in [0.717, 1.165) is 12.3 Å². The van der Waals surface area contributed by atoms with Crippen LogP contribution in [0.5, 0.6) is 5.75 Å². The highest BCUT2D eigenvalue weighted by Gasteiger charge is 2.28. The number of hydrogen-bond acceptors (Lipinski definition) is 3. The SMILES string of the molecule is COc1ccc(Cn2c(C)c(C3=CCN(S(=O)(=O)c4cccc(Cl)c4)CC3)c3ccccc32)cc1. The van der Waals surface area contributed by atoms with Crippen molar-refractivity contribution in [3.05, 3.63) is 101 Å². The first-order chi connectivity index (χ1) is 16.9. The summed E-state index contributed by atoms with van der Waals surface area (Å²) in [5.74, 6) is 0.841. The zero-order valence-corrected chi connectivity index (χ0v) is 21.3. The zero-order valence-electron chi connectivity index (χ0n) is 19.7. The summed E-state index contributed by atoms with van der Waals surface area (Å²) in [5.41, 5.74) is 5.93. The zero-order chi connectivity index (χ0) is 24.6. The minimum Gasteiger partial charge on any atom is -0.497 e. The van der Waals surface area contributed by atoms with Crippen LogP contribution < -0.4 is 4.74 Å². The van der Waals surface area contributed by atoms with Crippen molar-refractivity contribution in [1.82, 2.24) is 8.87 Å². The smallest absolute Gasteiger partial charge is 0.243 e. The second-order valence-corrected chi connectivity index (χ2v) is 11.1. The lowest BCUT2D eigenvalue weighted by molar-refractivity contribution is 0.414. The number of fused-ring (bicyclic) bond motifs is 1. The molecule has 3 aromatic carbocycles. The van der Waals surface area contributed by atoms with Gasteiger partial charge in [-0.05, 0) is 60.9 Å². The third-order valence-corrected chi connectivity index (χ3v) is 8.75. The molecule has 0 bridgehead atoms. The molecule has 0 amide bonds. The van der Waals surface area contributed by atoms with Crippen molar-refractivity contribution in [1.29, 1.82) is 0 Å². The van der Waals surface area contributed by atoms with Crippen LogP contribution in [0.2, 0.25) is 5.02 Å². The number of hydrogen-bond donors (Lipinski definition) is 0. The standard InChI is InChI=1S/C28H27ClN2O3S/c1-20-28(22-14-16-30(17-15-22)35(32,33)25-7-5-6-23(29)18-25)26-8-3-4-9-27(26)31(20)19-21-10-12-24(34-2)13-11-21/h3-14,18H,15-17,19H2,1-2H3. The summed E-state index contributed by atoms with van der Waals surface area (Å²) in [7, 11) is -1.92. The molecule has 0 unspecified atom stereocenters. The third kappa shape index (κ3) is 4.49. The molecule has 0 saturated carbocycles. The summed E-state index contributed by atoms with van der Waals surface area (Å²) in [6, 6.07) is 23.0. The van der Waals surface area contributed by atoms with Crippen LogP contribution in [0.25, 0.3) is 16.5 Å². The van der Waals surface area contributed by atoms with Crippen molar-refractivity contribution >= 4 is 38.1 Å². The molecule has 1 aliphatic rings. The highest BCUT2D eigenvalue weighted by atomic mass is 35.5. The molecule has 0 aliphatic carbocycles. The van der Waals surface area contributed by atoms with E-state index in [1.165, 1.54) is 43.7 Å². The number of nitrogens with zero attached hydrogens (tertiary/aromatic N) is 2. The summed E-state index contributed by atoms with van der Waals surface area (Å²) in [6.45, 7) is 3.66. The van der Waals surface area contributed by atoms with Gasteiger partial charge in [-0.25, -0.2) is 8.42 Å². The average molecular weight is 507 g/mol. The van der Waals surface area contributed by atoms with Gasteiger partial charge in [0.05, 0.1) is 12.0 Å². The van der Waals surface area contributed by atoms with Crippen molar-refractivity contribution in [2.24, 2.45) is 0 Å². The van der Waals surface area contributed by atoms with E-state index in [9.17, 15) is 8.42 Å². The lowest BCUT2D eigenvalue weighted by atomic mass is 9.97. The molecule has 0 saturated heterocycles. The summed E-state index contributed by atoms with van der Waals surface area (Å²) >= 11 is 6.04. The van der Waals surface area contributed by atoms with Gasteiger partial charge < -0.3 is 9.30 Å². The number of aromatic nitrogens is 1. The Morgan fingerprint density at radius 3 is 2.46 bits per heavy atom. The van der Waals surface area contributed by atoms with Gasteiger partial charge >= 0.3 is 0 Å². The molecule has 7 heteroatoms. The third-order valence-electron chi connectivity index (χ3n) is 6.66. The molecule has 0 fully saturated rings.